The number of aliphatic hydroxyl groups excluding tert-OH is 2. The molecule has 6 nitrogen and oxygen atoms in total. The van der Waals surface area contributed by atoms with E-state index in [1.807, 2.05) is 31.2 Å². The summed E-state index contributed by atoms with van der Waals surface area (Å²) in [5.41, 5.74) is 1.15. The van der Waals surface area contributed by atoms with Crippen molar-refractivity contribution in [3.05, 3.63) is 48.1 Å². The number of aliphatic hydroxyl groups is 2. The summed E-state index contributed by atoms with van der Waals surface area (Å²) in [5, 5.41) is 24.0. The maximum Gasteiger partial charge on any atom is 0.227 e. The molecule has 31 heavy (non-hydrogen) atoms. The molecule has 0 aromatic rings. The monoisotopic (exact) mass is 427 g/mol. The standard InChI is InChI=1S/C25H33NO5/c1-14-6-4-3-5-7-15(2)17-8-9-18-19(28)12-20(29)25-24(18)23(17)21(31-25)10-16(27)11-22(30)26-13-14/h3-9,14,17-21,23-25,28-29H,10-13H2,1-2H3,(H,26,30)/b5-3-,6-4?,15-7+/t14-,17+,18-,19-,20+,21-,23-,24+,25+/m0/s1. The molecule has 0 radical (unpaired) electrons. The minimum Gasteiger partial charge on any atom is -0.392 e. The average Bonchev–Trinajstić information content (AvgIpc) is 3.09. The maximum atomic E-state index is 12.7. The van der Waals surface area contributed by atoms with E-state index in [1.165, 1.54) is 0 Å². The molecule has 0 bridgehead atoms. The minimum absolute atomic E-state index is 0.0234. The third-order valence-corrected chi connectivity index (χ3v) is 7.25. The van der Waals surface area contributed by atoms with Gasteiger partial charge in [-0.1, -0.05) is 55.0 Å². The molecule has 0 unspecified atom stereocenters. The molecule has 3 N–H and O–H groups in total. The minimum atomic E-state index is -0.751. The van der Waals surface area contributed by atoms with Gasteiger partial charge in [0.15, 0.2) is 0 Å². The largest absolute Gasteiger partial charge is 0.392 e. The van der Waals surface area contributed by atoms with E-state index in [1.54, 1.807) is 0 Å². The average molecular weight is 428 g/mol. The first-order valence-electron chi connectivity index (χ1n) is 11.3. The van der Waals surface area contributed by atoms with Crippen molar-refractivity contribution >= 4 is 11.7 Å². The highest BCUT2D eigenvalue weighted by molar-refractivity contribution is 5.98. The molecule has 2 heterocycles. The van der Waals surface area contributed by atoms with E-state index in [4.69, 9.17) is 4.74 Å². The number of carbonyl (C=O) groups excluding carboxylic acids is 2. The molecule has 9 atom stereocenters. The van der Waals surface area contributed by atoms with Gasteiger partial charge in [0.1, 0.15) is 5.78 Å². The van der Waals surface area contributed by atoms with Crippen molar-refractivity contribution in [1.29, 1.82) is 0 Å². The molecule has 2 aliphatic carbocycles. The highest BCUT2D eigenvalue weighted by atomic mass is 16.5. The quantitative estimate of drug-likeness (QED) is 0.406. The fourth-order valence-corrected chi connectivity index (χ4v) is 5.73. The summed E-state index contributed by atoms with van der Waals surface area (Å²) in [7, 11) is 0. The number of Topliss-reactive ketones (excluding diaryl/α,β-unsaturated/α-hetero) is 1. The van der Waals surface area contributed by atoms with Crippen molar-refractivity contribution in [1.82, 2.24) is 5.32 Å². The second-order valence-electron chi connectivity index (χ2n) is 9.53. The summed E-state index contributed by atoms with van der Waals surface area (Å²) in [6.45, 7) is 4.57. The van der Waals surface area contributed by atoms with Gasteiger partial charge in [-0.25, -0.2) is 0 Å². The summed E-state index contributed by atoms with van der Waals surface area (Å²) in [6, 6.07) is 0. The van der Waals surface area contributed by atoms with Crippen LogP contribution in [0.1, 0.15) is 33.1 Å². The second-order valence-corrected chi connectivity index (χ2v) is 9.53. The van der Waals surface area contributed by atoms with Gasteiger partial charge in [-0.15, -0.1) is 0 Å². The summed E-state index contributed by atoms with van der Waals surface area (Å²) in [6.07, 6.45) is 12.4. The summed E-state index contributed by atoms with van der Waals surface area (Å²) < 4.78 is 6.28. The van der Waals surface area contributed by atoms with Gasteiger partial charge < -0.3 is 20.3 Å². The number of hydrogen-bond donors (Lipinski definition) is 3. The number of ketones is 1. The van der Waals surface area contributed by atoms with Gasteiger partial charge in [0.05, 0.1) is 30.8 Å². The van der Waals surface area contributed by atoms with Crippen LogP contribution in [0.4, 0.5) is 0 Å². The molecule has 1 amide bonds. The molecule has 2 fully saturated rings. The van der Waals surface area contributed by atoms with Crippen LogP contribution in [0.2, 0.25) is 0 Å². The smallest absolute Gasteiger partial charge is 0.227 e. The van der Waals surface area contributed by atoms with Crippen molar-refractivity contribution in [2.45, 2.75) is 57.5 Å². The Bertz CT molecular complexity index is 828. The lowest BCUT2D eigenvalue weighted by Gasteiger charge is -2.44. The summed E-state index contributed by atoms with van der Waals surface area (Å²) in [4.78, 5) is 25.0. The Morgan fingerprint density at radius 3 is 2.65 bits per heavy atom. The van der Waals surface area contributed by atoms with Crippen molar-refractivity contribution in [2.24, 2.45) is 29.6 Å². The van der Waals surface area contributed by atoms with Crippen LogP contribution in [0, 0.1) is 29.6 Å². The number of amides is 1. The first-order valence-corrected chi connectivity index (χ1v) is 11.3. The third-order valence-electron chi connectivity index (χ3n) is 7.25. The van der Waals surface area contributed by atoms with Crippen molar-refractivity contribution in [2.75, 3.05) is 6.54 Å². The van der Waals surface area contributed by atoms with Crippen LogP contribution in [0.15, 0.2) is 48.1 Å². The van der Waals surface area contributed by atoms with E-state index in [0.29, 0.717) is 6.54 Å². The molecule has 4 aliphatic rings. The van der Waals surface area contributed by atoms with Gasteiger partial charge >= 0.3 is 0 Å². The molecule has 1 saturated carbocycles. The summed E-state index contributed by atoms with van der Waals surface area (Å²) >= 11 is 0. The number of carbonyl (C=O) groups is 2. The Morgan fingerprint density at radius 1 is 1.03 bits per heavy atom. The van der Waals surface area contributed by atoms with Crippen molar-refractivity contribution in [3.63, 3.8) is 0 Å². The topological polar surface area (TPSA) is 95.9 Å². The van der Waals surface area contributed by atoms with E-state index in [2.05, 4.69) is 30.5 Å². The molecule has 1 saturated heterocycles. The fourth-order valence-electron chi connectivity index (χ4n) is 5.73. The number of hydrogen-bond acceptors (Lipinski definition) is 5. The maximum absolute atomic E-state index is 12.7. The van der Waals surface area contributed by atoms with Crippen LogP contribution in [-0.4, -0.2) is 52.9 Å². The Morgan fingerprint density at radius 2 is 1.84 bits per heavy atom. The predicted octanol–water partition coefficient (Wildman–Crippen LogP) is 2.09. The Balaban J connectivity index is 1.68. The highest BCUT2D eigenvalue weighted by Gasteiger charge is 2.58. The van der Waals surface area contributed by atoms with Gasteiger partial charge in [-0.05, 0) is 12.8 Å². The lowest BCUT2D eigenvalue weighted by molar-refractivity contribution is -0.131. The first kappa shape index (κ1) is 22.2. The number of nitrogens with one attached hydrogen (secondary N) is 1. The normalized spacial score (nSPS) is 46.1. The van der Waals surface area contributed by atoms with Crippen LogP contribution in [0.3, 0.4) is 0 Å². The zero-order valence-corrected chi connectivity index (χ0v) is 18.2. The Labute approximate surface area is 183 Å². The zero-order chi connectivity index (χ0) is 22.1. The highest BCUT2D eigenvalue weighted by Crippen LogP contribution is 2.53. The Hall–Kier alpha value is -2.02. The van der Waals surface area contributed by atoms with Crippen molar-refractivity contribution in [3.8, 4) is 0 Å². The van der Waals surface area contributed by atoms with E-state index in [-0.39, 0.29) is 66.6 Å². The summed E-state index contributed by atoms with van der Waals surface area (Å²) in [5.74, 6) is -0.367. The van der Waals surface area contributed by atoms with Gasteiger partial charge in [0, 0.05) is 43.1 Å². The number of allylic oxidation sites excluding steroid dienone is 6. The van der Waals surface area contributed by atoms with Crippen LogP contribution in [0.5, 0.6) is 0 Å². The molecule has 168 valence electrons. The fraction of sp³-hybridized carbons (Fsp3) is 0.600. The predicted molar refractivity (Wildman–Crippen MR) is 117 cm³/mol. The van der Waals surface area contributed by atoms with E-state index in [9.17, 15) is 19.8 Å². The Kier molecular flexibility index (Phi) is 6.60. The van der Waals surface area contributed by atoms with E-state index >= 15 is 0 Å². The van der Waals surface area contributed by atoms with Crippen LogP contribution < -0.4 is 5.32 Å². The van der Waals surface area contributed by atoms with Crippen LogP contribution >= 0.6 is 0 Å². The molecule has 6 heteroatoms. The number of ether oxygens (including phenoxy) is 1. The molecule has 0 aromatic carbocycles. The lowest BCUT2D eigenvalue weighted by atomic mass is 9.60. The van der Waals surface area contributed by atoms with E-state index < -0.39 is 18.3 Å². The lowest BCUT2D eigenvalue weighted by Crippen LogP contribution is -2.50. The van der Waals surface area contributed by atoms with Crippen LogP contribution in [0.25, 0.3) is 0 Å². The molecule has 0 aromatic heterocycles. The van der Waals surface area contributed by atoms with Gasteiger partial charge in [-0.2, -0.15) is 0 Å². The molecule has 0 spiro atoms. The van der Waals surface area contributed by atoms with E-state index in [0.717, 1.165) is 5.57 Å². The van der Waals surface area contributed by atoms with Gasteiger partial charge in [-0.3, -0.25) is 9.59 Å². The first-order chi connectivity index (χ1) is 14.8. The third kappa shape index (κ3) is 4.61. The van der Waals surface area contributed by atoms with Gasteiger partial charge in [0.2, 0.25) is 5.91 Å². The SMILES string of the molecule is C/C1=C\C=C/C=C[C@H](C)CNC(=O)CC(=O)C[C@@H]2O[C@H]3[C@@H]4[C@@H](C=C[C@H]1[C@H]42)[C@@H](O)C[C@H]3O. The van der Waals surface area contributed by atoms with Crippen molar-refractivity contribution < 1.29 is 24.5 Å². The molecule has 4 rings (SSSR count). The molecule has 2 aliphatic heterocycles. The van der Waals surface area contributed by atoms with Gasteiger partial charge in [0.25, 0.3) is 0 Å². The molecular formula is C25H33NO5. The second kappa shape index (κ2) is 9.23. The van der Waals surface area contributed by atoms with Crippen LogP contribution in [-0.2, 0) is 14.3 Å². The zero-order valence-electron chi connectivity index (χ0n) is 18.2. The molecular weight excluding hydrogens is 394 g/mol. The number of rotatable bonds is 0.